The summed E-state index contributed by atoms with van der Waals surface area (Å²) in [6.45, 7) is 3.02. The first-order valence-corrected chi connectivity index (χ1v) is 9.79. The van der Waals surface area contributed by atoms with Gasteiger partial charge in [-0.25, -0.2) is 0 Å². The maximum atomic E-state index is 12.5. The molecule has 1 aliphatic rings. The summed E-state index contributed by atoms with van der Waals surface area (Å²) in [7, 11) is 0. The third-order valence-corrected chi connectivity index (χ3v) is 5.50. The second kappa shape index (κ2) is 7.68. The lowest BCUT2D eigenvalue weighted by Gasteiger charge is -2.16. The first kappa shape index (κ1) is 18.6. The van der Waals surface area contributed by atoms with E-state index in [4.69, 9.17) is 11.6 Å². The minimum atomic E-state index is -0.326. The topological polar surface area (TPSA) is 65.2 Å². The van der Waals surface area contributed by atoms with E-state index in [-0.39, 0.29) is 24.2 Å². The molecule has 0 aliphatic carbocycles. The smallest absolute Gasteiger partial charge is 0.227 e. The molecule has 2 N–H and O–H groups in total. The first-order valence-electron chi connectivity index (χ1n) is 9.41. The van der Waals surface area contributed by atoms with Crippen molar-refractivity contribution in [2.75, 3.05) is 18.0 Å². The quantitative estimate of drug-likeness (QED) is 0.689. The molecule has 0 unspecified atom stereocenters. The number of benzene rings is 2. The van der Waals surface area contributed by atoms with Crippen LogP contribution in [0.3, 0.4) is 0 Å². The Labute approximate surface area is 168 Å². The Kier molecular flexibility index (Phi) is 5.09. The van der Waals surface area contributed by atoms with E-state index in [0.29, 0.717) is 18.1 Å². The summed E-state index contributed by atoms with van der Waals surface area (Å²) in [5, 5.41) is 4.81. The van der Waals surface area contributed by atoms with Gasteiger partial charge in [0.15, 0.2) is 0 Å². The normalized spacial score (nSPS) is 16.7. The molecule has 2 amide bonds. The van der Waals surface area contributed by atoms with Gasteiger partial charge in [0.05, 0.1) is 5.92 Å². The fourth-order valence-corrected chi connectivity index (χ4v) is 3.84. The Morgan fingerprint density at radius 3 is 2.82 bits per heavy atom. The summed E-state index contributed by atoms with van der Waals surface area (Å²) in [6.07, 6.45) is 2.98. The highest BCUT2D eigenvalue weighted by molar-refractivity contribution is 6.30. The molecule has 0 spiro atoms. The minimum Gasteiger partial charge on any atom is -0.361 e. The molecule has 1 fully saturated rings. The Morgan fingerprint density at radius 1 is 1.25 bits per heavy atom. The average molecular weight is 396 g/mol. The van der Waals surface area contributed by atoms with Crippen molar-refractivity contribution < 1.29 is 9.59 Å². The molecule has 28 heavy (non-hydrogen) atoms. The second-order valence-electron chi connectivity index (χ2n) is 7.29. The number of aryl methyl sites for hydroxylation is 1. The molecule has 5 nitrogen and oxygen atoms in total. The highest BCUT2D eigenvalue weighted by Gasteiger charge is 2.34. The van der Waals surface area contributed by atoms with E-state index < -0.39 is 0 Å². The molecule has 1 saturated heterocycles. The van der Waals surface area contributed by atoms with Crippen LogP contribution in [0.1, 0.15) is 17.5 Å². The van der Waals surface area contributed by atoms with Crippen LogP contribution in [0, 0.1) is 12.8 Å². The Morgan fingerprint density at radius 2 is 2.04 bits per heavy atom. The average Bonchev–Trinajstić information content (AvgIpc) is 3.26. The summed E-state index contributed by atoms with van der Waals surface area (Å²) in [5.74, 6) is -0.427. The zero-order valence-corrected chi connectivity index (χ0v) is 16.4. The molecule has 4 rings (SSSR count). The molecular weight excluding hydrogens is 374 g/mol. The number of aromatic nitrogens is 1. The zero-order valence-electron chi connectivity index (χ0n) is 15.7. The minimum absolute atomic E-state index is 0.0328. The van der Waals surface area contributed by atoms with Gasteiger partial charge in [-0.05, 0) is 55.3 Å². The van der Waals surface area contributed by atoms with Crippen molar-refractivity contribution in [1.29, 1.82) is 0 Å². The molecule has 2 heterocycles. The van der Waals surface area contributed by atoms with Gasteiger partial charge in [0, 0.05) is 47.3 Å². The van der Waals surface area contributed by atoms with Crippen molar-refractivity contribution >= 4 is 40.0 Å². The van der Waals surface area contributed by atoms with E-state index in [1.54, 1.807) is 29.2 Å². The number of aromatic amines is 1. The highest BCUT2D eigenvalue weighted by Crippen LogP contribution is 2.26. The number of carbonyl (C=O) groups excluding carboxylic acids is 2. The van der Waals surface area contributed by atoms with Crippen molar-refractivity contribution in [3.05, 3.63) is 64.8 Å². The van der Waals surface area contributed by atoms with Gasteiger partial charge in [-0.2, -0.15) is 0 Å². The number of anilines is 1. The molecule has 144 valence electrons. The summed E-state index contributed by atoms with van der Waals surface area (Å²) < 4.78 is 0. The van der Waals surface area contributed by atoms with Gasteiger partial charge in [0.2, 0.25) is 11.8 Å². The number of H-pyrrole nitrogens is 1. The predicted molar refractivity (Wildman–Crippen MR) is 112 cm³/mol. The summed E-state index contributed by atoms with van der Waals surface area (Å²) >= 11 is 5.91. The Hall–Kier alpha value is -2.79. The second-order valence-corrected chi connectivity index (χ2v) is 7.72. The van der Waals surface area contributed by atoms with Crippen LogP contribution in [0.15, 0.2) is 48.7 Å². The third-order valence-electron chi connectivity index (χ3n) is 5.25. The van der Waals surface area contributed by atoms with Crippen molar-refractivity contribution in [2.24, 2.45) is 5.92 Å². The monoisotopic (exact) mass is 395 g/mol. The SMILES string of the molecule is Cc1ccc2[nH]cc(CCNC(=O)[C@H]3CC(=O)N(c4ccc(Cl)cc4)C3)c2c1. The highest BCUT2D eigenvalue weighted by atomic mass is 35.5. The van der Waals surface area contributed by atoms with E-state index >= 15 is 0 Å². The molecule has 0 radical (unpaired) electrons. The molecule has 0 bridgehead atoms. The number of halogens is 1. The lowest BCUT2D eigenvalue weighted by atomic mass is 10.1. The van der Waals surface area contributed by atoms with E-state index in [2.05, 4.69) is 35.4 Å². The molecule has 0 saturated carbocycles. The molecule has 2 aromatic carbocycles. The lowest BCUT2D eigenvalue weighted by molar-refractivity contribution is -0.126. The number of amides is 2. The summed E-state index contributed by atoms with van der Waals surface area (Å²) in [4.78, 5) is 29.8. The van der Waals surface area contributed by atoms with Crippen molar-refractivity contribution in [2.45, 2.75) is 19.8 Å². The van der Waals surface area contributed by atoms with Gasteiger partial charge < -0.3 is 15.2 Å². The standard InChI is InChI=1S/C22H22ClN3O2/c1-14-2-7-20-19(10-14)15(12-25-20)8-9-24-22(28)16-11-21(27)26(13-16)18-5-3-17(23)4-6-18/h2-7,10,12,16,25H,8-9,11,13H2,1H3,(H,24,28)/t16-/m0/s1. The van der Waals surface area contributed by atoms with Crippen molar-refractivity contribution in [3.8, 4) is 0 Å². The molecule has 1 atom stereocenters. The fraction of sp³-hybridized carbons (Fsp3) is 0.273. The fourth-order valence-electron chi connectivity index (χ4n) is 3.72. The maximum absolute atomic E-state index is 12.5. The predicted octanol–water partition coefficient (Wildman–Crippen LogP) is 3.84. The molecular formula is C22H22ClN3O2. The largest absolute Gasteiger partial charge is 0.361 e. The molecule has 3 aromatic rings. The molecule has 6 heteroatoms. The van der Waals surface area contributed by atoms with Crippen LogP contribution in [0.2, 0.25) is 5.02 Å². The summed E-state index contributed by atoms with van der Waals surface area (Å²) in [6, 6.07) is 13.4. The van der Waals surface area contributed by atoms with Crippen LogP contribution in [0.25, 0.3) is 10.9 Å². The zero-order chi connectivity index (χ0) is 19.7. The van der Waals surface area contributed by atoms with Crippen LogP contribution in [0.5, 0.6) is 0 Å². The number of fused-ring (bicyclic) bond motifs is 1. The van der Waals surface area contributed by atoms with E-state index in [1.165, 1.54) is 16.5 Å². The number of hydrogen-bond donors (Lipinski definition) is 2. The maximum Gasteiger partial charge on any atom is 0.227 e. The number of nitrogens with one attached hydrogen (secondary N) is 2. The molecule has 1 aromatic heterocycles. The third kappa shape index (κ3) is 3.76. The van der Waals surface area contributed by atoms with Crippen LogP contribution in [-0.4, -0.2) is 29.9 Å². The van der Waals surface area contributed by atoms with Gasteiger partial charge >= 0.3 is 0 Å². The van der Waals surface area contributed by atoms with E-state index in [0.717, 1.165) is 17.6 Å². The van der Waals surface area contributed by atoms with Crippen LogP contribution in [0.4, 0.5) is 5.69 Å². The van der Waals surface area contributed by atoms with Crippen LogP contribution < -0.4 is 10.2 Å². The van der Waals surface area contributed by atoms with Gasteiger partial charge in [0.1, 0.15) is 0 Å². The Balaban J connectivity index is 1.34. The van der Waals surface area contributed by atoms with E-state index in [9.17, 15) is 9.59 Å². The number of nitrogens with zero attached hydrogens (tertiary/aromatic N) is 1. The van der Waals surface area contributed by atoms with Crippen LogP contribution in [-0.2, 0) is 16.0 Å². The van der Waals surface area contributed by atoms with E-state index in [1.807, 2.05) is 6.20 Å². The number of hydrogen-bond acceptors (Lipinski definition) is 2. The lowest BCUT2D eigenvalue weighted by Crippen LogP contribution is -2.34. The van der Waals surface area contributed by atoms with Gasteiger partial charge in [-0.3, -0.25) is 9.59 Å². The number of carbonyl (C=O) groups is 2. The first-order chi connectivity index (χ1) is 13.5. The molecule has 1 aliphatic heterocycles. The van der Waals surface area contributed by atoms with Crippen LogP contribution >= 0.6 is 11.6 Å². The van der Waals surface area contributed by atoms with Gasteiger partial charge in [-0.15, -0.1) is 0 Å². The number of rotatable bonds is 5. The van der Waals surface area contributed by atoms with Gasteiger partial charge in [0.25, 0.3) is 0 Å². The summed E-state index contributed by atoms with van der Waals surface area (Å²) in [5.41, 5.74) is 4.28. The van der Waals surface area contributed by atoms with Crippen molar-refractivity contribution in [1.82, 2.24) is 10.3 Å². The van der Waals surface area contributed by atoms with Gasteiger partial charge in [-0.1, -0.05) is 23.2 Å². The Bertz CT molecular complexity index is 1030. The van der Waals surface area contributed by atoms with Crippen molar-refractivity contribution in [3.63, 3.8) is 0 Å².